The van der Waals surface area contributed by atoms with E-state index in [1.807, 2.05) is 62.8 Å². The molecule has 0 spiro atoms. The number of thiocarbonyl (C=S) groups is 1. The average molecular weight is 373 g/mol. The van der Waals surface area contributed by atoms with E-state index in [1.165, 1.54) is 0 Å². The van der Waals surface area contributed by atoms with Gasteiger partial charge in [-0.3, -0.25) is 9.97 Å². The SMILES string of the molecule is CN(C)c1ccc(NC(=S)Nc2cc3ccncc3c3ncccc23)cc1. The molecule has 0 aliphatic heterocycles. The summed E-state index contributed by atoms with van der Waals surface area (Å²) in [5.41, 5.74) is 3.90. The van der Waals surface area contributed by atoms with Crippen LogP contribution in [0, 0.1) is 0 Å². The average Bonchev–Trinajstić information content (AvgIpc) is 2.68. The van der Waals surface area contributed by atoms with E-state index in [-0.39, 0.29) is 0 Å². The minimum Gasteiger partial charge on any atom is -0.378 e. The van der Waals surface area contributed by atoms with Gasteiger partial charge in [0.05, 0.1) is 11.2 Å². The second-order valence-electron chi connectivity index (χ2n) is 6.44. The van der Waals surface area contributed by atoms with Crippen LogP contribution in [0.15, 0.2) is 67.1 Å². The van der Waals surface area contributed by atoms with E-state index in [2.05, 4.69) is 31.6 Å². The Balaban J connectivity index is 1.63. The molecule has 134 valence electrons. The van der Waals surface area contributed by atoms with Gasteiger partial charge in [0.2, 0.25) is 0 Å². The summed E-state index contributed by atoms with van der Waals surface area (Å²) >= 11 is 5.52. The van der Waals surface area contributed by atoms with E-state index in [1.54, 1.807) is 12.4 Å². The Hall–Kier alpha value is -3.25. The van der Waals surface area contributed by atoms with Crippen molar-refractivity contribution in [2.24, 2.45) is 0 Å². The van der Waals surface area contributed by atoms with Crippen LogP contribution < -0.4 is 15.5 Å². The third-order valence-electron chi connectivity index (χ3n) is 4.40. The zero-order valence-electron chi connectivity index (χ0n) is 15.1. The number of fused-ring (bicyclic) bond motifs is 3. The Kier molecular flexibility index (Phi) is 4.56. The number of hydrogen-bond acceptors (Lipinski definition) is 4. The Morgan fingerprint density at radius 2 is 1.78 bits per heavy atom. The predicted molar refractivity (Wildman–Crippen MR) is 118 cm³/mol. The van der Waals surface area contributed by atoms with Gasteiger partial charge in [-0.25, -0.2) is 0 Å². The molecule has 0 aliphatic carbocycles. The highest BCUT2D eigenvalue weighted by Crippen LogP contribution is 2.30. The van der Waals surface area contributed by atoms with Crippen molar-refractivity contribution < 1.29 is 0 Å². The summed E-state index contributed by atoms with van der Waals surface area (Å²) in [7, 11) is 4.03. The fourth-order valence-corrected chi connectivity index (χ4v) is 3.26. The van der Waals surface area contributed by atoms with Gasteiger partial charge in [0.15, 0.2) is 5.11 Å². The van der Waals surface area contributed by atoms with Crippen LogP contribution >= 0.6 is 12.2 Å². The number of anilines is 3. The van der Waals surface area contributed by atoms with Gasteiger partial charge in [-0.1, -0.05) is 0 Å². The summed E-state index contributed by atoms with van der Waals surface area (Å²) in [5, 5.41) is 10.2. The van der Waals surface area contributed by atoms with Crippen LogP contribution in [-0.4, -0.2) is 29.2 Å². The molecule has 2 heterocycles. The van der Waals surface area contributed by atoms with E-state index >= 15 is 0 Å². The first-order valence-corrected chi connectivity index (χ1v) is 8.99. The quantitative estimate of drug-likeness (QED) is 0.402. The molecule has 6 heteroatoms. The molecule has 27 heavy (non-hydrogen) atoms. The number of nitrogens with zero attached hydrogens (tertiary/aromatic N) is 3. The number of hydrogen-bond donors (Lipinski definition) is 2. The smallest absolute Gasteiger partial charge is 0.175 e. The first-order chi connectivity index (χ1) is 13.1. The van der Waals surface area contributed by atoms with Crippen LogP contribution in [0.1, 0.15) is 0 Å². The number of nitrogens with one attached hydrogen (secondary N) is 2. The normalized spacial score (nSPS) is 10.7. The van der Waals surface area contributed by atoms with E-state index in [0.717, 1.165) is 38.7 Å². The monoisotopic (exact) mass is 373 g/mol. The summed E-state index contributed by atoms with van der Waals surface area (Å²) in [5.74, 6) is 0. The molecule has 4 aromatic rings. The molecule has 0 saturated heterocycles. The van der Waals surface area contributed by atoms with Crippen molar-refractivity contribution >= 4 is 56.1 Å². The number of rotatable bonds is 3. The predicted octanol–water partition coefficient (Wildman–Crippen LogP) is 4.66. The Labute approximate surface area is 163 Å². The van der Waals surface area contributed by atoms with Gasteiger partial charge in [0.25, 0.3) is 0 Å². The van der Waals surface area contributed by atoms with Crippen LogP contribution in [0.4, 0.5) is 17.1 Å². The molecule has 0 bridgehead atoms. The molecule has 0 amide bonds. The highest BCUT2D eigenvalue weighted by molar-refractivity contribution is 7.80. The van der Waals surface area contributed by atoms with Gasteiger partial charge in [0.1, 0.15) is 0 Å². The zero-order valence-corrected chi connectivity index (χ0v) is 15.9. The van der Waals surface area contributed by atoms with Crippen LogP contribution in [0.25, 0.3) is 21.7 Å². The lowest BCUT2D eigenvalue weighted by molar-refractivity contribution is 1.13. The third-order valence-corrected chi connectivity index (χ3v) is 4.60. The maximum atomic E-state index is 5.52. The van der Waals surface area contributed by atoms with E-state index < -0.39 is 0 Å². The molecule has 5 nitrogen and oxygen atoms in total. The maximum absolute atomic E-state index is 5.52. The van der Waals surface area contributed by atoms with E-state index in [0.29, 0.717) is 5.11 Å². The maximum Gasteiger partial charge on any atom is 0.175 e. The highest BCUT2D eigenvalue weighted by Gasteiger charge is 2.09. The van der Waals surface area contributed by atoms with Crippen molar-refractivity contribution in [2.45, 2.75) is 0 Å². The minimum absolute atomic E-state index is 0.533. The van der Waals surface area contributed by atoms with Crippen LogP contribution in [-0.2, 0) is 0 Å². The van der Waals surface area contributed by atoms with E-state index in [4.69, 9.17) is 12.2 Å². The minimum atomic E-state index is 0.533. The van der Waals surface area contributed by atoms with Gasteiger partial charge in [-0.2, -0.15) is 0 Å². The van der Waals surface area contributed by atoms with Crippen molar-refractivity contribution in [2.75, 3.05) is 29.6 Å². The topological polar surface area (TPSA) is 53.1 Å². The molecule has 2 aromatic heterocycles. The molecule has 0 aliphatic rings. The molecular formula is C21H19N5S. The molecule has 0 radical (unpaired) electrons. The lowest BCUT2D eigenvalue weighted by atomic mass is 10.1. The highest BCUT2D eigenvalue weighted by atomic mass is 32.1. The summed E-state index contributed by atoms with van der Waals surface area (Å²) in [6.45, 7) is 0. The summed E-state index contributed by atoms with van der Waals surface area (Å²) in [4.78, 5) is 10.8. The molecule has 0 unspecified atom stereocenters. The summed E-state index contributed by atoms with van der Waals surface area (Å²) < 4.78 is 0. The standard InChI is InChI=1S/C21H19N5S/c1-26(2)16-7-5-15(6-8-16)24-21(27)25-19-12-14-9-11-22-13-18(14)20-17(19)4-3-10-23-20/h3-13H,1-2H3,(H2,24,25,27). The number of aromatic nitrogens is 2. The molecular weight excluding hydrogens is 354 g/mol. The molecule has 2 N–H and O–H groups in total. The fourth-order valence-electron chi connectivity index (χ4n) is 3.03. The molecule has 4 rings (SSSR count). The van der Waals surface area contributed by atoms with Gasteiger partial charge in [0, 0.05) is 54.8 Å². The first-order valence-electron chi connectivity index (χ1n) is 8.59. The van der Waals surface area contributed by atoms with E-state index in [9.17, 15) is 0 Å². The Morgan fingerprint density at radius 3 is 2.56 bits per heavy atom. The Bertz CT molecular complexity index is 1120. The van der Waals surface area contributed by atoms with Gasteiger partial charge < -0.3 is 15.5 Å². The van der Waals surface area contributed by atoms with Crippen LogP contribution in [0.2, 0.25) is 0 Å². The third kappa shape index (κ3) is 3.52. The van der Waals surface area contributed by atoms with Crippen molar-refractivity contribution in [3.05, 3.63) is 67.1 Å². The van der Waals surface area contributed by atoms with Crippen molar-refractivity contribution in [3.8, 4) is 0 Å². The summed E-state index contributed by atoms with van der Waals surface area (Å²) in [6.07, 6.45) is 5.42. The van der Waals surface area contributed by atoms with Gasteiger partial charge in [-0.15, -0.1) is 0 Å². The second-order valence-corrected chi connectivity index (χ2v) is 6.85. The molecule has 0 saturated carbocycles. The first kappa shape index (κ1) is 17.2. The number of pyridine rings is 2. The van der Waals surface area contributed by atoms with Gasteiger partial charge >= 0.3 is 0 Å². The fraction of sp³-hybridized carbons (Fsp3) is 0.0952. The second kappa shape index (κ2) is 7.17. The summed E-state index contributed by atoms with van der Waals surface area (Å²) in [6, 6.07) is 16.1. The lowest BCUT2D eigenvalue weighted by Crippen LogP contribution is -2.19. The molecule has 0 atom stereocenters. The molecule has 0 fully saturated rings. The van der Waals surface area contributed by atoms with Crippen molar-refractivity contribution in [1.29, 1.82) is 0 Å². The van der Waals surface area contributed by atoms with Gasteiger partial charge in [-0.05, 0) is 66.1 Å². The van der Waals surface area contributed by atoms with Crippen molar-refractivity contribution in [1.82, 2.24) is 9.97 Å². The zero-order chi connectivity index (χ0) is 18.8. The molecule has 2 aromatic carbocycles. The lowest BCUT2D eigenvalue weighted by Gasteiger charge is -2.15. The van der Waals surface area contributed by atoms with Crippen LogP contribution in [0.3, 0.4) is 0 Å². The van der Waals surface area contributed by atoms with Crippen LogP contribution in [0.5, 0.6) is 0 Å². The van der Waals surface area contributed by atoms with Crippen molar-refractivity contribution in [3.63, 3.8) is 0 Å². The Morgan fingerprint density at radius 1 is 0.963 bits per heavy atom. The largest absolute Gasteiger partial charge is 0.378 e. The number of benzene rings is 2.